The van der Waals surface area contributed by atoms with Gasteiger partial charge >= 0.3 is 0 Å². The van der Waals surface area contributed by atoms with Gasteiger partial charge in [0, 0.05) is 18.5 Å². The molecule has 2 N–H and O–H groups in total. The van der Waals surface area contributed by atoms with Gasteiger partial charge in [0.05, 0.1) is 0 Å². The first-order chi connectivity index (χ1) is 9.75. The van der Waals surface area contributed by atoms with Gasteiger partial charge in [-0.1, -0.05) is 20.8 Å². The number of hydrogen-bond acceptors (Lipinski definition) is 3. The molecule has 0 spiro atoms. The predicted octanol–water partition coefficient (Wildman–Crippen LogP) is 1.81. The molecule has 1 saturated heterocycles. The summed E-state index contributed by atoms with van der Waals surface area (Å²) in [5.41, 5.74) is -0.464. The molecule has 1 unspecified atom stereocenters. The Hall–Kier alpha value is -0.810. The van der Waals surface area contributed by atoms with Crippen LogP contribution in [0.25, 0.3) is 0 Å². The van der Waals surface area contributed by atoms with Crippen LogP contribution in [0, 0.1) is 11.3 Å². The zero-order valence-electron chi connectivity index (χ0n) is 14.6. The molecular weight excluding hydrogens is 302 g/mol. The lowest BCUT2D eigenvalue weighted by atomic mass is 9.93. The standard InChI is InChI=1S/C16H31N3O2.ClH/c1-12(18-15(21)16(2,3)4)14(20)19-10-7-13(8-11-19)6-9-17-5;/h12-13,17H,6-11H2,1-5H3,(H,18,21);1H. The number of halogens is 1. The highest BCUT2D eigenvalue weighted by molar-refractivity contribution is 5.89. The number of hydrogen-bond donors (Lipinski definition) is 2. The molecule has 2 amide bonds. The van der Waals surface area contributed by atoms with E-state index < -0.39 is 11.5 Å². The summed E-state index contributed by atoms with van der Waals surface area (Å²) >= 11 is 0. The molecule has 130 valence electrons. The van der Waals surface area contributed by atoms with E-state index in [9.17, 15) is 9.59 Å². The topological polar surface area (TPSA) is 61.4 Å². The number of nitrogens with zero attached hydrogens (tertiary/aromatic N) is 1. The fourth-order valence-corrected chi connectivity index (χ4v) is 2.54. The molecule has 1 aliphatic rings. The maximum absolute atomic E-state index is 12.4. The van der Waals surface area contributed by atoms with Crippen LogP contribution < -0.4 is 10.6 Å². The van der Waals surface area contributed by atoms with Crippen molar-refractivity contribution in [3.63, 3.8) is 0 Å². The number of amides is 2. The molecule has 1 atom stereocenters. The van der Waals surface area contributed by atoms with Crippen molar-refractivity contribution in [1.29, 1.82) is 0 Å². The molecule has 0 aromatic heterocycles. The van der Waals surface area contributed by atoms with E-state index in [1.165, 1.54) is 6.42 Å². The van der Waals surface area contributed by atoms with E-state index in [2.05, 4.69) is 10.6 Å². The van der Waals surface area contributed by atoms with Crippen LogP contribution in [0.4, 0.5) is 0 Å². The molecule has 1 heterocycles. The Morgan fingerprint density at radius 3 is 2.23 bits per heavy atom. The summed E-state index contributed by atoms with van der Waals surface area (Å²) in [5, 5.41) is 6.00. The average Bonchev–Trinajstić information content (AvgIpc) is 2.43. The van der Waals surface area contributed by atoms with Gasteiger partial charge in [0.2, 0.25) is 11.8 Å². The van der Waals surface area contributed by atoms with Crippen molar-refractivity contribution in [2.24, 2.45) is 11.3 Å². The molecule has 22 heavy (non-hydrogen) atoms. The molecule has 0 radical (unpaired) electrons. The molecule has 1 fully saturated rings. The summed E-state index contributed by atoms with van der Waals surface area (Å²) in [7, 11) is 1.97. The highest BCUT2D eigenvalue weighted by Crippen LogP contribution is 2.20. The highest BCUT2D eigenvalue weighted by Gasteiger charge is 2.29. The zero-order chi connectivity index (χ0) is 16.0. The van der Waals surface area contributed by atoms with Crippen LogP contribution in [0.3, 0.4) is 0 Å². The Bertz CT molecular complexity index is 361. The minimum atomic E-state index is -0.464. The van der Waals surface area contributed by atoms with Gasteiger partial charge in [-0.3, -0.25) is 9.59 Å². The van der Waals surface area contributed by atoms with Crippen molar-refractivity contribution >= 4 is 24.2 Å². The maximum atomic E-state index is 12.4. The van der Waals surface area contributed by atoms with Crippen LogP contribution >= 0.6 is 12.4 Å². The fraction of sp³-hybridized carbons (Fsp3) is 0.875. The van der Waals surface area contributed by atoms with Gasteiger partial charge in [0.25, 0.3) is 0 Å². The second-order valence-corrected chi connectivity index (χ2v) is 7.11. The summed E-state index contributed by atoms with van der Waals surface area (Å²) < 4.78 is 0. The van der Waals surface area contributed by atoms with E-state index in [4.69, 9.17) is 0 Å². The summed E-state index contributed by atoms with van der Waals surface area (Å²) in [6.07, 6.45) is 3.30. The highest BCUT2D eigenvalue weighted by atomic mass is 35.5. The first-order valence-electron chi connectivity index (χ1n) is 8.00. The Balaban J connectivity index is 0.00000441. The summed E-state index contributed by atoms with van der Waals surface area (Å²) in [6.45, 7) is 9.99. The van der Waals surface area contributed by atoms with Crippen LogP contribution in [0.15, 0.2) is 0 Å². The first kappa shape index (κ1) is 21.2. The van der Waals surface area contributed by atoms with Crippen molar-refractivity contribution in [1.82, 2.24) is 15.5 Å². The lowest BCUT2D eigenvalue weighted by molar-refractivity contribution is -0.139. The Morgan fingerprint density at radius 2 is 1.77 bits per heavy atom. The Kier molecular flexibility index (Phi) is 9.01. The van der Waals surface area contributed by atoms with E-state index in [-0.39, 0.29) is 24.2 Å². The smallest absolute Gasteiger partial charge is 0.244 e. The third kappa shape index (κ3) is 6.53. The molecule has 0 aromatic rings. The van der Waals surface area contributed by atoms with Gasteiger partial charge in [-0.2, -0.15) is 0 Å². The quantitative estimate of drug-likeness (QED) is 0.806. The number of nitrogens with one attached hydrogen (secondary N) is 2. The van der Waals surface area contributed by atoms with Crippen molar-refractivity contribution in [2.45, 2.75) is 53.0 Å². The molecule has 0 bridgehead atoms. The number of piperidine rings is 1. The second-order valence-electron chi connectivity index (χ2n) is 7.11. The minimum absolute atomic E-state index is 0. The molecular formula is C16H32ClN3O2. The van der Waals surface area contributed by atoms with Gasteiger partial charge in [-0.05, 0) is 45.7 Å². The fourth-order valence-electron chi connectivity index (χ4n) is 2.54. The largest absolute Gasteiger partial charge is 0.344 e. The second kappa shape index (κ2) is 9.36. The molecule has 1 rings (SSSR count). The van der Waals surface area contributed by atoms with E-state index >= 15 is 0 Å². The first-order valence-corrected chi connectivity index (χ1v) is 8.00. The van der Waals surface area contributed by atoms with E-state index in [1.807, 2.05) is 32.7 Å². The van der Waals surface area contributed by atoms with Crippen LogP contribution in [0.5, 0.6) is 0 Å². The average molecular weight is 334 g/mol. The predicted molar refractivity (Wildman–Crippen MR) is 92.2 cm³/mol. The molecule has 0 saturated carbocycles. The lowest BCUT2D eigenvalue weighted by Gasteiger charge is -2.34. The normalized spacial score (nSPS) is 17.6. The van der Waals surface area contributed by atoms with Gasteiger partial charge in [0.1, 0.15) is 6.04 Å². The van der Waals surface area contributed by atoms with Gasteiger partial charge in [0.15, 0.2) is 0 Å². The summed E-state index contributed by atoms with van der Waals surface area (Å²) in [6, 6.07) is -0.439. The number of likely N-dealkylation sites (tertiary alicyclic amines) is 1. The van der Waals surface area contributed by atoms with Crippen molar-refractivity contribution in [3.05, 3.63) is 0 Å². The minimum Gasteiger partial charge on any atom is -0.344 e. The monoisotopic (exact) mass is 333 g/mol. The summed E-state index contributed by atoms with van der Waals surface area (Å²) in [5.74, 6) is 0.674. The Labute approximate surface area is 141 Å². The van der Waals surface area contributed by atoms with Crippen molar-refractivity contribution in [3.8, 4) is 0 Å². The number of carbonyl (C=O) groups is 2. The molecule has 5 nitrogen and oxygen atoms in total. The van der Waals surface area contributed by atoms with Gasteiger partial charge < -0.3 is 15.5 Å². The molecule has 0 aliphatic carbocycles. The number of rotatable bonds is 5. The SMILES string of the molecule is CNCCC1CCN(C(=O)C(C)NC(=O)C(C)(C)C)CC1.Cl. The number of carbonyl (C=O) groups excluding carboxylic acids is 2. The molecule has 0 aromatic carbocycles. The van der Waals surface area contributed by atoms with Crippen LogP contribution in [0.2, 0.25) is 0 Å². The van der Waals surface area contributed by atoms with Crippen molar-refractivity contribution < 1.29 is 9.59 Å². The molecule has 1 aliphatic heterocycles. The van der Waals surface area contributed by atoms with Crippen LogP contribution in [-0.2, 0) is 9.59 Å². The van der Waals surface area contributed by atoms with Gasteiger partial charge in [-0.15, -0.1) is 12.4 Å². The lowest BCUT2D eigenvalue weighted by Crippen LogP contribution is -2.51. The van der Waals surface area contributed by atoms with E-state index in [0.29, 0.717) is 5.92 Å². The maximum Gasteiger partial charge on any atom is 0.244 e. The van der Waals surface area contributed by atoms with E-state index in [1.54, 1.807) is 6.92 Å². The third-order valence-electron chi connectivity index (χ3n) is 4.13. The molecule has 6 heteroatoms. The van der Waals surface area contributed by atoms with Crippen LogP contribution in [0.1, 0.15) is 47.0 Å². The Morgan fingerprint density at radius 1 is 1.23 bits per heavy atom. The summed E-state index contributed by atoms with van der Waals surface area (Å²) in [4.78, 5) is 26.2. The third-order valence-corrected chi connectivity index (χ3v) is 4.13. The van der Waals surface area contributed by atoms with E-state index in [0.717, 1.165) is 32.5 Å². The van der Waals surface area contributed by atoms with Crippen molar-refractivity contribution in [2.75, 3.05) is 26.7 Å². The van der Waals surface area contributed by atoms with Gasteiger partial charge in [-0.25, -0.2) is 0 Å². The van der Waals surface area contributed by atoms with Crippen LogP contribution in [-0.4, -0.2) is 49.4 Å². The zero-order valence-corrected chi connectivity index (χ0v) is 15.4.